The number of nitrogens with one attached hydrogen (secondary N) is 2. The van der Waals surface area contributed by atoms with Crippen LogP contribution in [0.1, 0.15) is 12.5 Å². The topological polar surface area (TPSA) is 125 Å². The van der Waals surface area contributed by atoms with Crippen LogP contribution in [0.3, 0.4) is 0 Å². The van der Waals surface area contributed by atoms with E-state index >= 15 is 0 Å². The lowest BCUT2D eigenvalue weighted by Crippen LogP contribution is -2.62. The van der Waals surface area contributed by atoms with Crippen molar-refractivity contribution in [2.45, 2.75) is 24.4 Å². The Balaban J connectivity index is 1.66. The Morgan fingerprint density at radius 2 is 1.64 bits per heavy atom. The van der Waals surface area contributed by atoms with Gasteiger partial charge in [-0.1, -0.05) is 48.5 Å². The fourth-order valence-electron chi connectivity index (χ4n) is 3.87. The Bertz CT molecular complexity index is 1130. The molecule has 2 N–H and O–H groups in total. The molecule has 1 aliphatic rings. The van der Waals surface area contributed by atoms with Crippen molar-refractivity contribution < 1.29 is 27.5 Å². The van der Waals surface area contributed by atoms with Gasteiger partial charge in [-0.05, 0) is 24.6 Å². The van der Waals surface area contributed by atoms with Gasteiger partial charge in [0.15, 0.2) is 9.84 Å². The Morgan fingerprint density at radius 1 is 0.972 bits per heavy atom. The molecule has 36 heavy (non-hydrogen) atoms. The second-order valence-corrected chi connectivity index (χ2v) is 10.4. The number of hydrogen-bond acceptors (Lipinski definition) is 7. The van der Waals surface area contributed by atoms with Gasteiger partial charge in [0.05, 0.1) is 17.3 Å². The average Bonchev–Trinajstić information content (AvgIpc) is 2.90. The lowest BCUT2D eigenvalue weighted by Gasteiger charge is -2.40. The van der Waals surface area contributed by atoms with E-state index in [9.17, 15) is 22.8 Å². The first-order valence-electron chi connectivity index (χ1n) is 11.8. The van der Waals surface area contributed by atoms with Gasteiger partial charge in [0, 0.05) is 32.7 Å². The first-order chi connectivity index (χ1) is 17.3. The Labute approximate surface area is 211 Å². The fraction of sp³-hybridized carbons (Fsp3) is 0.400. The molecule has 0 aliphatic carbocycles. The first-order valence-corrected chi connectivity index (χ1v) is 13.5. The molecule has 0 radical (unpaired) electrons. The number of carbonyl (C=O) groups excluding carboxylic acids is 3. The Hall–Kier alpha value is -3.44. The summed E-state index contributed by atoms with van der Waals surface area (Å²) in [6.45, 7) is 2.82. The zero-order chi connectivity index (χ0) is 26.0. The van der Waals surface area contributed by atoms with Crippen molar-refractivity contribution >= 4 is 27.7 Å². The molecule has 1 fully saturated rings. The number of hydrogen-bond donors (Lipinski definition) is 2. The maximum atomic E-state index is 13.1. The molecule has 2 aromatic rings. The van der Waals surface area contributed by atoms with E-state index in [0.29, 0.717) is 6.54 Å². The maximum absolute atomic E-state index is 13.1. The fourth-order valence-corrected chi connectivity index (χ4v) is 5.18. The van der Waals surface area contributed by atoms with Gasteiger partial charge >= 0.3 is 12.0 Å². The number of urea groups is 1. The number of ether oxygens (including phenoxy) is 1. The van der Waals surface area contributed by atoms with E-state index in [0.717, 1.165) is 5.56 Å². The molecule has 2 aromatic carbocycles. The second-order valence-electron chi connectivity index (χ2n) is 8.31. The molecule has 1 heterocycles. The summed E-state index contributed by atoms with van der Waals surface area (Å²) in [5, 5.41) is 5.37. The zero-order valence-corrected chi connectivity index (χ0v) is 21.1. The molecule has 0 spiro atoms. The summed E-state index contributed by atoms with van der Waals surface area (Å²) in [4.78, 5) is 41.1. The van der Waals surface area contributed by atoms with Gasteiger partial charge in [-0.25, -0.2) is 13.2 Å². The van der Waals surface area contributed by atoms with E-state index in [1.807, 2.05) is 35.2 Å². The molecule has 0 bridgehead atoms. The van der Waals surface area contributed by atoms with Crippen molar-refractivity contribution in [2.24, 2.45) is 0 Å². The Kier molecular flexibility index (Phi) is 9.83. The quantitative estimate of drug-likeness (QED) is 0.452. The van der Waals surface area contributed by atoms with E-state index in [4.69, 9.17) is 4.74 Å². The number of nitrogens with zero attached hydrogens (tertiary/aromatic N) is 2. The van der Waals surface area contributed by atoms with Crippen LogP contribution < -0.4 is 10.6 Å². The van der Waals surface area contributed by atoms with Crippen LogP contribution >= 0.6 is 0 Å². The van der Waals surface area contributed by atoms with Gasteiger partial charge in [0.2, 0.25) is 5.91 Å². The SMILES string of the molecule is CCOC(=O)CNC(=O)N1CCN(CCS(=O)(=O)c2ccccc2)CC1C(=O)NCc1ccccc1. The third-order valence-corrected chi connectivity index (χ3v) is 7.52. The largest absolute Gasteiger partial charge is 0.465 e. The molecule has 1 atom stereocenters. The van der Waals surface area contributed by atoms with E-state index < -0.39 is 27.9 Å². The van der Waals surface area contributed by atoms with Gasteiger partial charge in [-0.3, -0.25) is 14.5 Å². The molecular weight excluding hydrogens is 484 g/mol. The van der Waals surface area contributed by atoms with E-state index in [1.165, 1.54) is 4.90 Å². The molecule has 11 heteroatoms. The molecule has 3 amide bonds. The molecule has 1 unspecified atom stereocenters. The predicted molar refractivity (Wildman–Crippen MR) is 134 cm³/mol. The lowest BCUT2D eigenvalue weighted by atomic mass is 10.1. The summed E-state index contributed by atoms with van der Waals surface area (Å²) in [5.41, 5.74) is 0.908. The lowest BCUT2D eigenvalue weighted by molar-refractivity contribution is -0.141. The van der Waals surface area contributed by atoms with Crippen LogP contribution in [0, 0.1) is 0 Å². The number of sulfone groups is 1. The van der Waals surface area contributed by atoms with Crippen LogP contribution in [0.5, 0.6) is 0 Å². The van der Waals surface area contributed by atoms with Crippen molar-refractivity contribution in [3.8, 4) is 0 Å². The van der Waals surface area contributed by atoms with Crippen molar-refractivity contribution in [2.75, 3.05) is 45.1 Å². The highest BCUT2D eigenvalue weighted by molar-refractivity contribution is 7.91. The minimum absolute atomic E-state index is 0.107. The van der Waals surface area contributed by atoms with Gasteiger partial charge in [-0.15, -0.1) is 0 Å². The van der Waals surface area contributed by atoms with Crippen LogP contribution in [0.15, 0.2) is 65.6 Å². The highest BCUT2D eigenvalue weighted by Crippen LogP contribution is 2.14. The summed E-state index contributed by atoms with van der Waals surface area (Å²) < 4.78 is 30.2. The summed E-state index contributed by atoms with van der Waals surface area (Å²) in [6.07, 6.45) is 0. The molecule has 0 aromatic heterocycles. The summed E-state index contributed by atoms with van der Waals surface area (Å²) in [6, 6.07) is 16.2. The molecule has 1 aliphatic heterocycles. The molecule has 3 rings (SSSR count). The number of esters is 1. The van der Waals surface area contributed by atoms with E-state index in [1.54, 1.807) is 37.3 Å². The minimum atomic E-state index is -3.48. The average molecular weight is 517 g/mol. The van der Waals surface area contributed by atoms with Crippen LogP contribution in [0.2, 0.25) is 0 Å². The Morgan fingerprint density at radius 3 is 2.31 bits per heavy atom. The second kappa shape index (κ2) is 13.0. The minimum Gasteiger partial charge on any atom is -0.465 e. The van der Waals surface area contributed by atoms with Crippen molar-refractivity contribution in [3.05, 3.63) is 66.2 Å². The summed E-state index contributed by atoms with van der Waals surface area (Å²) in [7, 11) is -3.48. The maximum Gasteiger partial charge on any atom is 0.325 e. The van der Waals surface area contributed by atoms with E-state index in [-0.39, 0.29) is 55.9 Å². The van der Waals surface area contributed by atoms with Gasteiger partial charge in [0.1, 0.15) is 12.6 Å². The van der Waals surface area contributed by atoms with Crippen molar-refractivity contribution in [1.29, 1.82) is 0 Å². The first kappa shape index (κ1) is 27.2. The third kappa shape index (κ3) is 7.79. The van der Waals surface area contributed by atoms with E-state index in [2.05, 4.69) is 10.6 Å². The van der Waals surface area contributed by atoms with Gasteiger partial charge in [-0.2, -0.15) is 0 Å². The summed E-state index contributed by atoms with van der Waals surface area (Å²) >= 11 is 0. The van der Waals surface area contributed by atoms with Crippen LogP contribution in [0.4, 0.5) is 4.79 Å². The van der Waals surface area contributed by atoms with Crippen LogP contribution in [-0.4, -0.2) is 87.3 Å². The molecule has 10 nitrogen and oxygen atoms in total. The molecule has 0 saturated carbocycles. The highest BCUT2D eigenvalue weighted by atomic mass is 32.2. The highest BCUT2D eigenvalue weighted by Gasteiger charge is 2.35. The van der Waals surface area contributed by atoms with Crippen molar-refractivity contribution in [1.82, 2.24) is 20.4 Å². The zero-order valence-electron chi connectivity index (χ0n) is 20.3. The standard InChI is InChI=1S/C25H32N4O6S/c1-2-35-23(30)18-27-25(32)29-14-13-28(15-16-36(33,34)21-11-7-4-8-12-21)19-22(29)24(31)26-17-20-9-5-3-6-10-20/h3-12,22H,2,13-19H2,1H3,(H,26,31)(H,27,32). The smallest absolute Gasteiger partial charge is 0.325 e. The monoisotopic (exact) mass is 516 g/mol. The number of piperazine rings is 1. The predicted octanol–water partition coefficient (Wildman–Crippen LogP) is 1.04. The third-order valence-electron chi connectivity index (χ3n) is 5.81. The number of benzene rings is 2. The molecular formula is C25H32N4O6S. The molecule has 194 valence electrons. The number of rotatable bonds is 10. The number of carbonyl (C=O) groups is 3. The van der Waals surface area contributed by atoms with Gasteiger partial charge < -0.3 is 20.3 Å². The van der Waals surface area contributed by atoms with Gasteiger partial charge in [0.25, 0.3) is 0 Å². The molecule has 1 saturated heterocycles. The summed E-state index contributed by atoms with van der Waals surface area (Å²) in [5.74, 6) is -1.04. The van der Waals surface area contributed by atoms with Crippen LogP contribution in [0.25, 0.3) is 0 Å². The normalized spacial score (nSPS) is 16.2. The number of amides is 3. The van der Waals surface area contributed by atoms with Crippen LogP contribution in [-0.2, 0) is 30.7 Å². The van der Waals surface area contributed by atoms with Crippen molar-refractivity contribution in [3.63, 3.8) is 0 Å².